The Bertz CT molecular complexity index is 3610. The van der Waals surface area contributed by atoms with Gasteiger partial charge in [-0.2, -0.15) is 11.8 Å². The molecule has 0 heterocycles. The average Bonchev–Trinajstić information content (AvgIpc) is 0.846. The van der Waals surface area contributed by atoms with Crippen molar-refractivity contribution in [3.63, 3.8) is 0 Å². The molecule has 119 heavy (non-hydrogen) atoms. The van der Waals surface area contributed by atoms with Crippen LogP contribution in [0.1, 0.15) is 158 Å². The van der Waals surface area contributed by atoms with E-state index in [1.54, 1.807) is 71.9 Å². The van der Waals surface area contributed by atoms with Crippen LogP contribution in [0.25, 0.3) is 0 Å². The van der Waals surface area contributed by atoms with Crippen molar-refractivity contribution in [2.45, 2.75) is 244 Å². The molecule has 0 saturated carbocycles. The van der Waals surface area contributed by atoms with Gasteiger partial charge in [-0.3, -0.25) is 91.9 Å². The number of guanidine groups is 4. The highest BCUT2D eigenvalue weighted by Crippen LogP contribution is 2.17. The molecule has 1 aromatic rings. The molecule has 0 bridgehead atoms. The Balaban J connectivity index is 3.77. The first kappa shape index (κ1) is 106. The van der Waals surface area contributed by atoms with Crippen molar-refractivity contribution in [2.24, 2.45) is 101 Å². The minimum atomic E-state index is -1.84. The molecule has 0 unspecified atom stereocenters. The molecular formula is C74H131N27O17S. The number of carboxylic acid groups (broad SMARTS) is 1. The molecule has 0 aliphatic heterocycles. The summed E-state index contributed by atoms with van der Waals surface area (Å²) in [6.45, 7) is 14.7. The number of aliphatic hydroxyl groups excluding tert-OH is 1. The first-order valence-electron chi connectivity index (χ1n) is 39.4. The summed E-state index contributed by atoms with van der Waals surface area (Å²) in [6, 6.07) is -10.5. The van der Waals surface area contributed by atoms with Crippen molar-refractivity contribution in [1.29, 1.82) is 0 Å². The number of aliphatic hydroxyl groups is 1. The van der Waals surface area contributed by atoms with E-state index in [0.29, 0.717) is 17.7 Å². The number of primary amides is 1. The second-order valence-electron chi connectivity index (χ2n) is 29.8. The van der Waals surface area contributed by atoms with Crippen LogP contribution in [0.3, 0.4) is 0 Å². The molecule has 35 N–H and O–H groups in total. The summed E-state index contributed by atoms with van der Waals surface area (Å²) >= 11 is 1.48. The van der Waals surface area contributed by atoms with Crippen LogP contribution >= 0.6 is 11.8 Å². The molecule has 15 atom stereocenters. The van der Waals surface area contributed by atoms with Crippen LogP contribution in [0.15, 0.2) is 50.3 Å². The number of rotatable bonds is 58. The average molecular weight is 1700 g/mol. The predicted octanol–water partition coefficient (Wildman–Crippen LogP) is -7.39. The molecule has 45 heteroatoms. The molecule has 670 valence electrons. The normalized spacial score (nSPS) is 14.9. The van der Waals surface area contributed by atoms with Gasteiger partial charge in [0.1, 0.15) is 72.5 Å². The van der Waals surface area contributed by atoms with Gasteiger partial charge in [0.05, 0.1) is 18.7 Å². The number of carbonyl (C=O) groups excluding carboxylic acids is 14. The Labute approximate surface area is 698 Å². The van der Waals surface area contributed by atoms with Crippen molar-refractivity contribution in [3.05, 3.63) is 35.9 Å². The first-order valence-corrected chi connectivity index (χ1v) is 40.8. The number of benzene rings is 1. The van der Waals surface area contributed by atoms with Gasteiger partial charge in [-0.1, -0.05) is 92.1 Å². The number of nitrogens with zero attached hydrogens (tertiary/aromatic N) is 4. The van der Waals surface area contributed by atoms with Crippen LogP contribution in [0, 0.1) is 23.7 Å². The highest BCUT2D eigenvalue weighted by Gasteiger charge is 2.40. The Morgan fingerprint density at radius 2 is 0.756 bits per heavy atom. The van der Waals surface area contributed by atoms with Gasteiger partial charge in [0, 0.05) is 39.0 Å². The Hall–Kier alpha value is -11.4. The molecule has 1 rings (SSSR count). The van der Waals surface area contributed by atoms with Gasteiger partial charge in [-0.05, 0) is 126 Å². The minimum Gasteiger partial charge on any atom is -0.480 e. The monoisotopic (exact) mass is 1700 g/mol. The zero-order chi connectivity index (χ0) is 90.3. The molecule has 0 radical (unpaired) electrons. The second-order valence-corrected chi connectivity index (χ2v) is 30.8. The number of carboxylic acids is 1. The lowest BCUT2D eigenvalue weighted by Crippen LogP contribution is -2.63. The number of nitrogens with one attached hydrogen (secondary N) is 13. The van der Waals surface area contributed by atoms with Crippen LogP contribution in [0.4, 0.5) is 0 Å². The van der Waals surface area contributed by atoms with E-state index in [1.807, 2.05) is 6.26 Å². The van der Waals surface area contributed by atoms with Crippen molar-refractivity contribution in [1.82, 2.24) is 69.1 Å². The van der Waals surface area contributed by atoms with Gasteiger partial charge in [0.2, 0.25) is 82.7 Å². The third-order valence-corrected chi connectivity index (χ3v) is 19.0. The zero-order valence-electron chi connectivity index (χ0n) is 69.9. The third-order valence-electron chi connectivity index (χ3n) is 18.4. The summed E-state index contributed by atoms with van der Waals surface area (Å²) in [5.41, 5.74) is 56.3. The smallest absolute Gasteiger partial charge is 0.325 e. The number of hydrogen-bond donors (Lipinski definition) is 25. The molecular weight excluding hydrogens is 1570 g/mol. The fourth-order valence-electron chi connectivity index (χ4n) is 11.5. The first-order chi connectivity index (χ1) is 55.8. The summed E-state index contributed by atoms with van der Waals surface area (Å²) in [5, 5.41) is 54.1. The van der Waals surface area contributed by atoms with E-state index < -0.39 is 210 Å². The van der Waals surface area contributed by atoms with E-state index in [9.17, 15) is 82.1 Å². The fraction of sp³-hybridized carbons (Fsp3) is 0.662. The number of carbonyl (C=O) groups is 15. The topological polar surface area (TPSA) is 763 Å². The lowest BCUT2D eigenvalue weighted by molar-refractivity contribution is -0.142. The van der Waals surface area contributed by atoms with E-state index in [1.165, 1.54) is 39.5 Å². The molecule has 44 nitrogen and oxygen atoms in total. The van der Waals surface area contributed by atoms with Crippen LogP contribution in [0.2, 0.25) is 0 Å². The maximum Gasteiger partial charge on any atom is 0.325 e. The summed E-state index contributed by atoms with van der Waals surface area (Å²) in [7, 11) is 0. The quantitative estimate of drug-likeness (QED) is 0.0164. The van der Waals surface area contributed by atoms with Crippen molar-refractivity contribution < 1.29 is 82.1 Å². The van der Waals surface area contributed by atoms with Crippen LogP contribution in [0.5, 0.6) is 0 Å². The fourth-order valence-corrected chi connectivity index (χ4v) is 12.0. The summed E-state index contributed by atoms with van der Waals surface area (Å²) < 4.78 is 0. The van der Waals surface area contributed by atoms with E-state index in [2.05, 4.69) is 89.1 Å². The Morgan fingerprint density at radius 1 is 0.412 bits per heavy atom. The highest BCUT2D eigenvalue weighted by atomic mass is 32.2. The standard InChI is InChI=1S/C74H131N27O17S/c1-12-40(8)56(68(115)95-49(26-27-52(76)103)62(109)92-46(23-17-30-86-72(79)80)59(106)90-41(9)70(117)118)100-63(110)48(25-19-32-88-74(83)84)94-66(113)54(38(4)5)99-69(116)57(42(10)102)101-67(114)55(39(6)7)98-65(112)50(34-37(2)3)96-64(111)51(35-43-20-14-13-15-21-43)97-61(108)47(24-18-31-87-73(81)82)93-60(107)45(22-16-29-85-71(77)78)91-53(104)36-89-58(105)44(75)28-33-119-11/h13-15,20-21,37-42,44-51,54-57,102H,12,16-19,22-36,75H2,1-11H3,(H2,76,103)(H,89,105)(H,90,106)(H,91,104)(H,92,109)(H,93,107)(H,94,113)(H,95,115)(H,96,111)(H,97,108)(H,98,112)(H,99,116)(H,100,110)(H,101,114)(H,117,118)(H4,77,78,85)(H4,79,80,86)(H4,81,82,87)(H4,83,84,88)/t40-,41-,42+,44-,45-,46-,47-,48-,49-,50-,51-,54-,55-,56-,57-/m0/s1. The number of thioether (sulfide) groups is 1. The second kappa shape index (κ2) is 56.1. The van der Waals surface area contributed by atoms with Crippen molar-refractivity contribution >= 4 is 124 Å². The molecule has 0 aliphatic rings. The molecule has 0 aromatic heterocycles. The molecule has 0 aliphatic carbocycles. The molecule has 0 fully saturated rings. The molecule has 14 amide bonds. The van der Waals surface area contributed by atoms with Gasteiger partial charge in [0.15, 0.2) is 23.8 Å². The van der Waals surface area contributed by atoms with Gasteiger partial charge in [-0.25, -0.2) is 0 Å². The van der Waals surface area contributed by atoms with Gasteiger partial charge in [0.25, 0.3) is 0 Å². The number of aliphatic imine (C=N–C) groups is 4. The molecule has 1 aromatic carbocycles. The number of aliphatic carboxylic acids is 1. The van der Waals surface area contributed by atoms with E-state index in [4.69, 9.17) is 57.3 Å². The zero-order valence-corrected chi connectivity index (χ0v) is 70.7. The third kappa shape index (κ3) is 43.1. The minimum absolute atomic E-state index is 0.00123. The van der Waals surface area contributed by atoms with Gasteiger partial charge in [-0.15, -0.1) is 0 Å². The number of amides is 14. The summed E-state index contributed by atoms with van der Waals surface area (Å²) in [5.74, 6) is -17.2. The largest absolute Gasteiger partial charge is 0.480 e. The van der Waals surface area contributed by atoms with E-state index >= 15 is 0 Å². The number of nitrogens with two attached hydrogens (primary N) is 10. The highest BCUT2D eigenvalue weighted by molar-refractivity contribution is 7.98. The number of hydrogen-bond acceptors (Lipinski definition) is 22. The Kier molecular flexibility index (Phi) is 49.8. The summed E-state index contributed by atoms with van der Waals surface area (Å²) in [4.78, 5) is 224. The van der Waals surface area contributed by atoms with Crippen LogP contribution in [-0.4, -0.2) is 252 Å². The summed E-state index contributed by atoms with van der Waals surface area (Å²) in [6.07, 6.45) is -0.590. The predicted molar refractivity (Wildman–Crippen MR) is 449 cm³/mol. The maximum atomic E-state index is 14.9. The van der Waals surface area contributed by atoms with Crippen LogP contribution in [-0.2, 0) is 78.3 Å². The molecule has 0 saturated heterocycles. The van der Waals surface area contributed by atoms with Crippen molar-refractivity contribution in [3.8, 4) is 0 Å². The Morgan fingerprint density at radius 3 is 1.16 bits per heavy atom. The lowest BCUT2D eigenvalue weighted by atomic mass is 9.96. The maximum absolute atomic E-state index is 14.9. The van der Waals surface area contributed by atoms with Gasteiger partial charge < -0.3 is 137 Å². The van der Waals surface area contributed by atoms with Crippen molar-refractivity contribution in [2.75, 3.05) is 44.7 Å². The SMILES string of the molecule is CC[C@H](C)[C@H](NC(=O)[C@H](CCCN=C(N)N)NC(=O)[C@@H](NC(=O)[C@@H](NC(=O)[C@@H](NC(=O)[C@H](CC(C)C)NC(=O)[C@H](Cc1ccccc1)NC(=O)[C@H](CCCN=C(N)N)NC(=O)[C@H](CCCN=C(N)N)NC(=O)CNC(=O)[C@@H](N)CCSC)C(C)C)[C@@H](C)O)C(C)C)C(=O)N[C@@H](CCC(N)=O)C(=O)N[C@@H](CCCN=C(N)N)C(=O)N[C@@H](C)C(=O)O. The molecule has 0 spiro atoms. The van der Waals surface area contributed by atoms with Crippen LogP contribution < -0.4 is 126 Å². The van der Waals surface area contributed by atoms with Gasteiger partial charge >= 0.3 is 5.97 Å². The van der Waals surface area contributed by atoms with E-state index in [0.717, 1.165) is 0 Å². The van der Waals surface area contributed by atoms with E-state index in [-0.39, 0.29) is 127 Å². The lowest BCUT2D eigenvalue weighted by Gasteiger charge is -2.31.